The number of hydrogen-bond acceptors (Lipinski definition) is 5. The van der Waals surface area contributed by atoms with Crippen LogP contribution in [0.3, 0.4) is 0 Å². The number of anilines is 3. The zero-order valence-corrected chi connectivity index (χ0v) is 15.0. The summed E-state index contributed by atoms with van der Waals surface area (Å²) in [4.78, 5) is 23.0. The minimum atomic E-state index is -0.0102. The van der Waals surface area contributed by atoms with Crippen LogP contribution in [0, 0.1) is 18.3 Å². The third-order valence-corrected chi connectivity index (χ3v) is 4.62. The Morgan fingerprint density at radius 1 is 1.31 bits per heavy atom. The van der Waals surface area contributed by atoms with E-state index in [0.29, 0.717) is 16.8 Å². The van der Waals surface area contributed by atoms with Crippen molar-refractivity contribution in [2.75, 3.05) is 29.9 Å². The first-order chi connectivity index (χ1) is 12.7. The summed E-state index contributed by atoms with van der Waals surface area (Å²) < 4.78 is 0. The standard InChI is InChI=1S/C19H20ClN5O/c1-2-10-21-18(26)14-8-12-25(13-9-14)19-22-11-7-17(24-19)23-16-6-4-3-5-15(16)20/h1,3-7,11,14H,8-10,12-13H2,(H,21,26)(H,22,23,24). The van der Waals surface area contributed by atoms with Crippen molar-refractivity contribution in [1.82, 2.24) is 15.3 Å². The number of carbonyl (C=O) groups is 1. The highest BCUT2D eigenvalue weighted by atomic mass is 35.5. The number of terminal acetylenes is 1. The molecule has 2 aromatic rings. The minimum absolute atomic E-state index is 0.0102. The van der Waals surface area contributed by atoms with Gasteiger partial charge in [0, 0.05) is 25.2 Å². The second-order valence-electron chi connectivity index (χ2n) is 6.03. The van der Waals surface area contributed by atoms with Gasteiger partial charge in [-0.3, -0.25) is 4.79 Å². The number of aromatic nitrogens is 2. The molecule has 0 radical (unpaired) electrons. The molecule has 0 atom stereocenters. The summed E-state index contributed by atoms with van der Waals surface area (Å²) in [7, 11) is 0. The van der Waals surface area contributed by atoms with E-state index >= 15 is 0 Å². The van der Waals surface area contributed by atoms with Crippen molar-refractivity contribution in [3.05, 3.63) is 41.6 Å². The van der Waals surface area contributed by atoms with Crippen LogP contribution < -0.4 is 15.5 Å². The summed E-state index contributed by atoms with van der Waals surface area (Å²) >= 11 is 6.18. The van der Waals surface area contributed by atoms with Crippen molar-refractivity contribution < 1.29 is 4.79 Å². The second-order valence-corrected chi connectivity index (χ2v) is 6.44. The highest BCUT2D eigenvalue weighted by Gasteiger charge is 2.25. The van der Waals surface area contributed by atoms with E-state index in [-0.39, 0.29) is 18.4 Å². The molecule has 1 aromatic heterocycles. The molecule has 1 fully saturated rings. The number of para-hydroxylation sites is 1. The van der Waals surface area contributed by atoms with E-state index in [0.717, 1.165) is 31.6 Å². The summed E-state index contributed by atoms with van der Waals surface area (Å²) in [5.74, 6) is 3.76. The van der Waals surface area contributed by atoms with E-state index in [1.54, 1.807) is 12.3 Å². The van der Waals surface area contributed by atoms with Crippen LogP contribution in [0.15, 0.2) is 36.5 Å². The summed E-state index contributed by atoms with van der Waals surface area (Å²) in [6.45, 7) is 1.73. The maximum absolute atomic E-state index is 12.0. The zero-order valence-electron chi connectivity index (χ0n) is 14.3. The Kier molecular flexibility index (Phi) is 5.92. The Morgan fingerprint density at radius 3 is 2.81 bits per heavy atom. The Balaban J connectivity index is 1.62. The topological polar surface area (TPSA) is 70.2 Å². The maximum Gasteiger partial charge on any atom is 0.227 e. The van der Waals surface area contributed by atoms with Gasteiger partial charge >= 0.3 is 0 Å². The van der Waals surface area contributed by atoms with Crippen LogP contribution >= 0.6 is 11.6 Å². The van der Waals surface area contributed by atoms with Crippen molar-refractivity contribution in [3.8, 4) is 12.3 Å². The van der Waals surface area contributed by atoms with Gasteiger partial charge in [0.25, 0.3) is 0 Å². The summed E-state index contributed by atoms with van der Waals surface area (Å²) in [5, 5.41) is 6.59. The smallest absolute Gasteiger partial charge is 0.227 e. The van der Waals surface area contributed by atoms with Gasteiger partial charge in [-0.05, 0) is 31.0 Å². The van der Waals surface area contributed by atoms with Gasteiger partial charge in [0.2, 0.25) is 11.9 Å². The molecule has 0 saturated carbocycles. The molecule has 7 heteroatoms. The first kappa shape index (κ1) is 18.0. The number of halogens is 1. The Hall–Kier alpha value is -2.78. The molecule has 6 nitrogen and oxygen atoms in total. The number of piperidine rings is 1. The van der Waals surface area contributed by atoms with Gasteiger partial charge < -0.3 is 15.5 Å². The van der Waals surface area contributed by atoms with Gasteiger partial charge in [0.1, 0.15) is 5.82 Å². The lowest BCUT2D eigenvalue weighted by Gasteiger charge is -2.31. The molecule has 0 spiro atoms. The van der Waals surface area contributed by atoms with Crippen molar-refractivity contribution in [3.63, 3.8) is 0 Å². The highest BCUT2D eigenvalue weighted by molar-refractivity contribution is 6.33. The summed E-state index contributed by atoms with van der Waals surface area (Å²) in [6.07, 6.45) is 8.40. The number of carbonyl (C=O) groups excluding carboxylic acids is 1. The number of nitrogens with zero attached hydrogens (tertiary/aromatic N) is 3. The lowest BCUT2D eigenvalue weighted by molar-refractivity contribution is -0.125. The van der Waals surface area contributed by atoms with Crippen molar-refractivity contribution in [2.45, 2.75) is 12.8 Å². The van der Waals surface area contributed by atoms with E-state index in [9.17, 15) is 4.79 Å². The fourth-order valence-corrected chi connectivity index (χ4v) is 3.08. The number of hydrogen-bond donors (Lipinski definition) is 2. The third kappa shape index (κ3) is 4.44. The van der Waals surface area contributed by atoms with Gasteiger partial charge in [-0.15, -0.1) is 6.42 Å². The number of nitrogens with one attached hydrogen (secondary N) is 2. The van der Waals surface area contributed by atoms with Crippen LogP contribution in [-0.2, 0) is 4.79 Å². The molecule has 26 heavy (non-hydrogen) atoms. The number of benzene rings is 1. The predicted molar refractivity (Wildman–Crippen MR) is 104 cm³/mol. The van der Waals surface area contributed by atoms with Crippen LogP contribution in [0.5, 0.6) is 0 Å². The molecule has 1 aliphatic heterocycles. The lowest BCUT2D eigenvalue weighted by Crippen LogP contribution is -2.41. The SMILES string of the molecule is C#CCNC(=O)C1CCN(c2nccc(Nc3ccccc3Cl)n2)CC1. The molecule has 2 N–H and O–H groups in total. The van der Waals surface area contributed by atoms with Gasteiger partial charge in [0.15, 0.2) is 0 Å². The van der Waals surface area contributed by atoms with Crippen LogP contribution in [0.25, 0.3) is 0 Å². The quantitative estimate of drug-likeness (QED) is 0.793. The number of rotatable bonds is 5. The molecule has 134 valence electrons. The van der Waals surface area contributed by atoms with E-state index in [2.05, 4.69) is 31.4 Å². The first-order valence-electron chi connectivity index (χ1n) is 8.48. The normalized spacial score (nSPS) is 14.5. The summed E-state index contributed by atoms with van der Waals surface area (Å²) in [6, 6.07) is 9.30. The average Bonchev–Trinajstić information content (AvgIpc) is 2.68. The molecule has 0 bridgehead atoms. The van der Waals surface area contributed by atoms with Crippen molar-refractivity contribution in [2.24, 2.45) is 5.92 Å². The fraction of sp³-hybridized carbons (Fsp3) is 0.316. The Bertz CT molecular complexity index is 812. The number of amides is 1. The zero-order chi connectivity index (χ0) is 18.4. The lowest BCUT2D eigenvalue weighted by atomic mass is 9.96. The third-order valence-electron chi connectivity index (χ3n) is 4.29. The van der Waals surface area contributed by atoms with Crippen molar-refractivity contribution in [1.29, 1.82) is 0 Å². The van der Waals surface area contributed by atoms with Gasteiger partial charge in [-0.2, -0.15) is 4.98 Å². The van der Waals surface area contributed by atoms with E-state index < -0.39 is 0 Å². The highest BCUT2D eigenvalue weighted by Crippen LogP contribution is 2.25. The predicted octanol–water partition coefficient (Wildman–Crippen LogP) is 2.84. The van der Waals surface area contributed by atoms with E-state index in [1.807, 2.05) is 24.3 Å². The molecule has 1 saturated heterocycles. The Labute approximate surface area is 158 Å². The molecule has 3 rings (SSSR count). The van der Waals surface area contributed by atoms with Crippen LogP contribution in [-0.4, -0.2) is 35.5 Å². The monoisotopic (exact) mass is 369 g/mol. The molecule has 0 aliphatic carbocycles. The average molecular weight is 370 g/mol. The first-order valence-corrected chi connectivity index (χ1v) is 8.86. The molecular formula is C19H20ClN5O. The van der Waals surface area contributed by atoms with Crippen LogP contribution in [0.4, 0.5) is 17.5 Å². The second kappa shape index (κ2) is 8.54. The van der Waals surface area contributed by atoms with Gasteiger partial charge in [-0.25, -0.2) is 4.98 Å². The van der Waals surface area contributed by atoms with Crippen LogP contribution in [0.1, 0.15) is 12.8 Å². The van der Waals surface area contributed by atoms with Gasteiger partial charge in [0.05, 0.1) is 17.3 Å². The largest absolute Gasteiger partial charge is 0.345 e. The van der Waals surface area contributed by atoms with E-state index in [4.69, 9.17) is 18.0 Å². The fourth-order valence-electron chi connectivity index (χ4n) is 2.90. The Morgan fingerprint density at radius 2 is 2.08 bits per heavy atom. The minimum Gasteiger partial charge on any atom is -0.345 e. The molecule has 1 amide bonds. The molecule has 2 heterocycles. The summed E-state index contributed by atoms with van der Waals surface area (Å²) in [5.41, 5.74) is 0.794. The molecule has 0 unspecified atom stereocenters. The molecule has 1 aromatic carbocycles. The maximum atomic E-state index is 12.0. The van der Waals surface area contributed by atoms with Crippen LogP contribution in [0.2, 0.25) is 5.02 Å². The van der Waals surface area contributed by atoms with E-state index in [1.165, 1.54) is 0 Å². The van der Waals surface area contributed by atoms with Crippen molar-refractivity contribution >= 4 is 35.0 Å². The van der Waals surface area contributed by atoms with Gasteiger partial charge in [-0.1, -0.05) is 29.7 Å². The molecule has 1 aliphatic rings. The molecular weight excluding hydrogens is 350 g/mol.